The summed E-state index contributed by atoms with van der Waals surface area (Å²) in [6.07, 6.45) is 1.49. The molecule has 20 heavy (non-hydrogen) atoms. The molecule has 0 spiro atoms. The van der Waals surface area contributed by atoms with Crippen LogP contribution in [0.3, 0.4) is 0 Å². The Kier molecular flexibility index (Phi) is 5.26. The van der Waals surface area contributed by atoms with E-state index in [0.717, 1.165) is 12.8 Å². The minimum atomic E-state index is -0.535. The lowest BCUT2D eigenvalue weighted by atomic mass is 9.83. The average molecular weight is 283 g/mol. The molecule has 0 aliphatic rings. The molecule has 2 N–H and O–H groups in total. The number of aromatic nitrogens is 1. The van der Waals surface area contributed by atoms with E-state index in [1.54, 1.807) is 0 Å². The minimum absolute atomic E-state index is 0.00638. The molecule has 0 unspecified atom stereocenters. The molecule has 0 saturated heterocycles. The molecule has 0 fully saturated rings. The van der Waals surface area contributed by atoms with Gasteiger partial charge in [0.1, 0.15) is 0 Å². The Balaban J connectivity index is 2.80. The molecule has 0 atom stereocenters. The Morgan fingerprint density at radius 3 is 2.45 bits per heavy atom. The van der Waals surface area contributed by atoms with Crippen LogP contribution in [-0.4, -0.2) is 33.7 Å². The Morgan fingerprint density at radius 1 is 1.45 bits per heavy atom. The van der Waals surface area contributed by atoms with Crippen LogP contribution >= 0.6 is 0 Å². The Hall–Kier alpha value is -1.89. The predicted octanol–water partition coefficient (Wildman–Crippen LogP) is 1.46. The molecule has 1 amide bonds. The van der Waals surface area contributed by atoms with E-state index in [4.69, 9.17) is 0 Å². The highest BCUT2D eigenvalue weighted by molar-refractivity contribution is 5.93. The van der Waals surface area contributed by atoms with Crippen molar-refractivity contribution in [2.45, 2.75) is 26.7 Å². The number of rotatable bonds is 7. The van der Waals surface area contributed by atoms with Crippen LogP contribution in [0.5, 0.6) is 0 Å². The zero-order chi connectivity index (χ0) is 15.3. The molecule has 0 radical (unpaired) electrons. The highest BCUT2D eigenvalue weighted by Crippen LogP contribution is 2.24. The maximum atomic E-state index is 12.1. The molecule has 1 aromatic rings. The fourth-order valence-electron chi connectivity index (χ4n) is 2.05. The van der Waals surface area contributed by atoms with Crippen LogP contribution in [0.25, 0.3) is 0 Å². The molecule has 7 nitrogen and oxygen atoms in total. The maximum Gasteiger partial charge on any atom is 0.323 e. The van der Waals surface area contributed by atoms with E-state index in [2.05, 4.69) is 5.32 Å². The molecule has 112 valence electrons. The second-order valence-corrected chi connectivity index (χ2v) is 4.94. The normalized spacial score (nSPS) is 11.4. The summed E-state index contributed by atoms with van der Waals surface area (Å²) in [5.74, 6) is -0.505. The van der Waals surface area contributed by atoms with Crippen LogP contribution in [-0.2, 0) is 7.05 Å². The van der Waals surface area contributed by atoms with Crippen molar-refractivity contribution in [3.63, 3.8) is 0 Å². The number of hydrogen-bond donors (Lipinski definition) is 2. The number of carbonyl (C=O) groups is 1. The number of hydrogen-bond acceptors (Lipinski definition) is 4. The van der Waals surface area contributed by atoms with Gasteiger partial charge in [-0.3, -0.25) is 4.79 Å². The number of carbonyl (C=O) groups excluding carboxylic acids is 1. The van der Waals surface area contributed by atoms with Crippen LogP contribution in [0.2, 0.25) is 0 Å². The second kappa shape index (κ2) is 6.51. The van der Waals surface area contributed by atoms with Crippen molar-refractivity contribution in [2.24, 2.45) is 12.5 Å². The van der Waals surface area contributed by atoms with Gasteiger partial charge < -0.3 is 20.5 Å². The van der Waals surface area contributed by atoms with Gasteiger partial charge in [0, 0.05) is 18.0 Å². The highest BCUT2D eigenvalue weighted by atomic mass is 16.6. The van der Waals surface area contributed by atoms with Crippen molar-refractivity contribution in [3.05, 3.63) is 27.9 Å². The topological polar surface area (TPSA) is 97.4 Å². The Labute approximate surface area is 117 Å². The third kappa shape index (κ3) is 3.16. The van der Waals surface area contributed by atoms with Crippen LogP contribution in [0.1, 0.15) is 37.2 Å². The van der Waals surface area contributed by atoms with Gasteiger partial charge in [0.15, 0.2) is 5.69 Å². The summed E-state index contributed by atoms with van der Waals surface area (Å²) < 4.78 is 1.24. The van der Waals surface area contributed by atoms with Crippen molar-refractivity contribution in [3.8, 4) is 0 Å². The largest absolute Gasteiger partial charge is 0.396 e. The molecular weight excluding hydrogens is 262 g/mol. The van der Waals surface area contributed by atoms with Crippen molar-refractivity contribution in [1.82, 2.24) is 9.88 Å². The van der Waals surface area contributed by atoms with Gasteiger partial charge in [0.05, 0.1) is 13.7 Å². The molecule has 1 aromatic heterocycles. The van der Waals surface area contributed by atoms with Gasteiger partial charge in [-0.2, -0.15) is 0 Å². The number of amides is 1. The fourth-order valence-corrected chi connectivity index (χ4v) is 2.05. The number of aliphatic hydroxyl groups is 1. The summed E-state index contributed by atoms with van der Waals surface area (Å²) in [6.45, 7) is 4.25. The summed E-state index contributed by atoms with van der Waals surface area (Å²) in [5, 5.41) is 22.9. The van der Waals surface area contributed by atoms with Gasteiger partial charge in [-0.05, 0) is 23.8 Å². The summed E-state index contributed by atoms with van der Waals surface area (Å²) in [6, 6.07) is 2.72. The Bertz CT molecular complexity index is 484. The lowest BCUT2D eigenvalue weighted by Crippen LogP contribution is -2.39. The Morgan fingerprint density at radius 2 is 2.05 bits per heavy atom. The van der Waals surface area contributed by atoms with E-state index in [0.29, 0.717) is 6.54 Å². The number of aliphatic hydroxyl groups excluding tert-OH is 1. The summed E-state index contributed by atoms with van der Waals surface area (Å²) in [7, 11) is 1.48. The van der Waals surface area contributed by atoms with Crippen molar-refractivity contribution < 1.29 is 14.8 Å². The number of nitrogens with one attached hydrogen (secondary N) is 1. The fraction of sp³-hybridized carbons (Fsp3) is 0.615. The molecule has 1 rings (SSSR count). The van der Waals surface area contributed by atoms with Crippen LogP contribution < -0.4 is 5.32 Å². The first kappa shape index (κ1) is 16.2. The monoisotopic (exact) mass is 283 g/mol. The van der Waals surface area contributed by atoms with E-state index in [1.165, 1.54) is 23.7 Å². The van der Waals surface area contributed by atoms with Crippen molar-refractivity contribution in [2.75, 3.05) is 13.2 Å². The SMILES string of the molecule is CCC(CC)(CO)CNC(=O)c1ccc([N+](=O)[O-])n1C. The molecule has 0 aliphatic heterocycles. The number of nitro groups is 1. The zero-order valence-electron chi connectivity index (χ0n) is 12.0. The first-order valence-corrected chi connectivity index (χ1v) is 6.60. The third-order valence-electron chi connectivity index (χ3n) is 3.97. The molecule has 0 saturated carbocycles. The van der Waals surface area contributed by atoms with Crippen molar-refractivity contribution in [1.29, 1.82) is 0 Å². The van der Waals surface area contributed by atoms with Gasteiger partial charge in [0.25, 0.3) is 5.91 Å². The molecule has 0 aliphatic carbocycles. The van der Waals surface area contributed by atoms with Crippen LogP contribution in [0.4, 0.5) is 5.82 Å². The van der Waals surface area contributed by atoms with Gasteiger partial charge in [0.2, 0.25) is 0 Å². The zero-order valence-corrected chi connectivity index (χ0v) is 12.0. The van der Waals surface area contributed by atoms with Crippen LogP contribution in [0.15, 0.2) is 12.1 Å². The summed E-state index contributed by atoms with van der Waals surface area (Å²) in [5.41, 5.74) is -0.108. The van der Waals surface area contributed by atoms with Gasteiger partial charge >= 0.3 is 5.82 Å². The highest BCUT2D eigenvalue weighted by Gasteiger charge is 2.27. The predicted molar refractivity (Wildman–Crippen MR) is 74.5 cm³/mol. The third-order valence-corrected chi connectivity index (χ3v) is 3.97. The lowest BCUT2D eigenvalue weighted by Gasteiger charge is -2.29. The number of nitrogens with zero attached hydrogens (tertiary/aromatic N) is 2. The average Bonchev–Trinajstić information content (AvgIpc) is 2.82. The first-order chi connectivity index (χ1) is 9.40. The van der Waals surface area contributed by atoms with E-state index in [-0.39, 0.29) is 29.4 Å². The van der Waals surface area contributed by atoms with E-state index >= 15 is 0 Å². The molecule has 0 aromatic carbocycles. The van der Waals surface area contributed by atoms with Gasteiger partial charge in [-0.15, -0.1) is 0 Å². The quantitative estimate of drug-likeness (QED) is 0.584. The lowest BCUT2D eigenvalue weighted by molar-refractivity contribution is -0.391. The van der Waals surface area contributed by atoms with Crippen molar-refractivity contribution >= 4 is 11.7 Å². The molecule has 1 heterocycles. The van der Waals surface area contributed by atoms with E-state index < -0.39 is 4.92 Å². The summed E-state index contributed by atoms with van der Waals surface area (Å²) >= 11 is 0. The first-order valence-electron chi connectivity index (χ1n) is 6.60. The molecule has 7 heteroatoms. The molecular formula is C13H21N3O4. The molecule has 0 bridgehead atoms. The maximum absolute atomic E-state index is 12.1. The smallest absolute Gasteiger partial charge is 0.323 e. The van der Waals surface area contributed by atoms with Gasteiger partial charge in [-0.25, -0.2) is 4.57 Å². The minimum Gasteiger partial charge on any atom is -0.396 e. The van der Waals surface area contributed by atoms with E-state index in [9.17, 15) is 20.0 Å². The summed E-state index contributed by atoms with van der Waals surface area (Å²) in [4.78, 5) is 22.3. The van der Waals surface area contributed by atoms with Gasteiger partial charge in [-0.1, -0.05) is 13.8 Å². The second-order valence-electron chi connectivity index (χ2n) is 4.94. The van der Waals surface area contributed by atoms with Crippen LogP contribution in [0, 0.1) is 15.5 Å². The standard InChI is InChI=1S/C13H21N3O4/c1-4-13(5-2,9-17)8-14-12(18)10-6-7-11(15(10)3)16(19)20/h6-7,17H,4-5,8-9H2,1-3H3,(H,14,18). The van der Waals surface area contributed by atoms with E-state index in [1.807, 2.05) is 13.8 Å².